The Bertz CT molecular complexity index is 184. The molecule has 0 amide bonds. The molecule has 1 rings (SSSR count). The largest absolute Gasteiger partial charge is 0.396 e. The minimum absolute atomic E-state index is 0.137. The van der Waals surface area contributed by atoms with E-state index in [0.717, 1.165) is 26.1 Å². The van der Waals surface area contributed by atoms with Gasteiger partial charge in [0.15, 0.2) is 0 Å². The Labute approximate surface area is 79.2 Å². The van der Waals surface area contributed by atoms with Gasteiger partial charge in [-0.25, -0.2) is 0 Å². The predicted octanol–water partition coefficient (Wildman–Crippen LogP) is -0.127. The van der Waals surface area contributed by atoms with Crippen LogP contribution >= 0.6 is 0 Å². The predicted molar refractivity (Wildman–Crippen MR) is 52.7 cm³/mol. The first kappa shape index (κ1) is 10.5. The number of rotatable bonds is 4. The van der Waals surface area contributed by atoms with E-state index >= 15 is 0 Å². The molecule has 2 atom stereocenters. The molecule has 1 aliphatic rings. The summed E-state index contributed by atoms with van der Waals surface area (Å²) in [4.78, 5) is 2.27. The molecular weight excluding hydrogens is 166 g/mol. The highest BCUT2D eigenvalue weighted by Gasteiger charge is 2.23. The Kier molecular flexibility index (Phi) is 3.69. The number of aliphatic hydroxyl groups excluding tert-OH is 1. The molecule has 0 radical (unpaired) electrons. The molecule has 76 valence electrons. The van der Waals surface area contributed by atoms with E-state index in [1.54, 1.807) is 0 Å². The Balaban J connectivity index is 2.27. The number of nitrogens with one attached hydrogen (secondary N) is 1. The van der Waals surface area contributed by atoms with E-state index in [4.69, 9.17) is 16.2 Å². The minimum Gasteiger partial charge on any atom is -0.396 e. The van der Waals surface area contributed by atoms with Gasteiger partial charge in [0.2, 0.25) is 0 Å². The van der Waals surface area contributed by atoms with E-state index in [2.05, 4.69) is 4.90 Å². The van der Waals surface area contributed by atoms with E-state index < -0.39 is 0 Å². The van der Waals surface area contributed by atoms with Crippen molar-refractivity contribution < 1.29 is 5.11 Å². The maximum absolute atomic E-state index is 8.93. The van der Waals surface area contributed by atoms with Gasteiger partial charge < -0.3 is 15.7 Å². The second-order valence-electron chi connectivity index (χ2n) is 3.95. The zero-order valence-electron chi connectivity index (χ0n) is 8.16. The van der Waals surface area contributed by atoms with Crippen LogP contribution in [-0.4, -0.2) is 42.1 Å². The molecule has 4 N–H and O–H groups in total. The Morgan fingerprint density at radius 1 is 1.77 bits per heavy atom. The van der Waals surface area contributed by atoms with Crippen molar-refractivity contribution in [2.45, 2.75) is 13.3 Å². The standard InChI is InChI=1S/C9H19N3O/c1-7(9(10)11)4-12-3-2-8(5-12)6-13/h7-8,13H,2-6H2,1H3,(H3,10,11). The maximum Gasteiger partial charge on any atom is 0.0947 e. The van der Waals surface area contributed by atoms with Crippen LogP contribution in [-0.2, 0) is 0 Å². The van der Waals surface area contributed by atoms with Crippen LogP contribution in [0.15, 0.2) is 0 Å². The van der Waals surface area contributed by atoms with Crippen molar-refractivity contribution in [2.75, 3.05) is 26.2 Å². The highest BCUT2D eigenvalue weighted by Crippen LogP contribution is 2.16. The summed E-state index contributed by atoms with van der Waals surface area (Å²) in [7, 11) is 0. The second kappa shape index (κ2) is 4.58. The molecule has 1 saturated heterocycles. The number of nitrogens with zero attached hydrogens (tertiary/aromatic N) is 1. The number of likely N-dealkylation sites (tertiary alicyclic amines) is 1. The van der Waals surface area contributed by atoms with Gasteiger partial charge in [0.05, 0.1) is 5.84 Å². The zero-order chi connectivity index (χ0) is 9.84. The Morgan fingerprint density at radius 2 is 2.46 bits per heavy atom. The molecule has 0 aromatic heterocycles. The molecule has 0 saturated carbocycles. The maximum atomic E-state index is 8.93. The molecular formula is C9H19N3O. The summed E-state index contributed by atoms with van der Waals surface area (Å²) in [6.07, 6.45) is 1.07. The molecule has 0 aromatic rings. The Morgan fingerprint density at radius 3 is 2.92 bits per heavy atom. The first-order valence-electron chi connectivity index (χ1n) is 4.80. The van der Waals surface area contributed by atoms with E-state index in [1.807, 2.05) is 6.92 Å². The minimum atomic E-state index is 0.137. The van der Waals surface area contributed by atoms with Gasteiger partial charge in [0.1, 0.15) is 0 Å². The van der Waals surface area contributed by atoms with Gasteiger partial charge in [-0.3, -0.25) is 5.41 Å². The van der Waals surface area contributed by atoms with E-state index in [1.165, 1.54) is 0 Å². The van der Waals surface area contributed by atoms with Gasteiger partial charge >= 0.3 is 0 Å². The zero-order valence-corrected chi connectivity index (χ0v) is 8.16. The first-order chi connectivity index (χ1) is 6.13. The smallest absolute Gasteiger partial charge is 0.0947 e. The fourth-order valence-corrected chi connectivity index (χ4v) is 1.71. The van der Waals surface area contributed by atoms with E-state index in [0.29, 0.717) is 5.92 Å². The van der Waals surface area contributed by atoms with Gasteiger partial charge in [-0.15, -0.1) is 0 Å². The highest BCUT2D eigenvalue weighted by atomic mass is 16.3. The average Bonchev–Trinajstić information content (AvgIpc) is 2.52. The lowest BCUT2D eigenvalue weighted by Crippen LogP contribution is -2.33. The fraction of sp³-hybridized carbons (Fsp3) is 0.889. The molecule has 13 heavy (non-hydrogen) atoms. The van der Waals surface area contributed by atoms with Crippen LogP contribution in [0.25, 0.3) is 0 Å². The molecule has 1 heterocycles. The van der Waals surface area contributed by atoms with Gasteiger partial charge in [0, 0.05) is 25.6 Å². The second-order valence-corrected chi connectivity index (χ2v) is 3.95. The summed E-state index contributed by atoms with van der Waals surface area (Å²) < 4.78 is 0. The summed E-state index contributed by atoms with van der Waals surface area (Å²) in [6, 6.07) is 0. The first-order valence-corrected chi connectivity index (χ1v) is 4.80. The highest BCUT2D eigenvalue weighted by molar-refractivity contribution is 5.79. The molecule has 2 unspecified atom stereocenters. The summed E-state index contributed by atoms with van der Waals surface area (Å²) in [5, 5.41) is 16.2. The molecule has 0 bridgehead atoms. The van der Waals surface area contributed by atoms with Crippen LogP contribution in [0.4, 0.5) is 0 Å². The molecule has 4 nitrogen and oxygen atoms in total. The third-order valence-electron chi connectivity index (χ3n) is 2.69. The van der Waals surface area contributed by atoms with Gasteiger partial charge in [-0.05, 0) is 18.9 Å². The van der Waals surface area contributed by atoms with Crippen molar-refractivity contribution in [1.29, 1.82) is 5.41 Å². The van der Waals surface area contributed by atoms with Crippen LogP contribution < -0.4 is 5.73 Å². The van der Waals surface area contributed by atoms with Crippen LogP contribution in [0.1, 0.15) is 13.3 Å². The van der Waals surface area contributed by atoms with Crippen molar-refractivity contribution in [3.05, 3.63) is 0 Å². The van der Waals surface area contributed by atoms with Crippen LogP contribution in [0, 0.1) is 17.2 Å². The third kappa shape index (κ3) is 2.97. The molecule has 1 aliphatic heterocycles. The van der Waals surface area contributed by atoms with Crippen molar-refractivity contribution >= 4 is 5.84 Å². The average molecular weight is 185 g/mol. The van der Waals surface area contributed by atoms with Gasteiger partial charge in [-0.1, -0.05) is 6.92 Å². The van der Waals surface area contributed by atoms with Gasteiger partial charge in [0.25, 0.3) is 0 Å². The van der Waals surface area contributed by atoms with E-state index in [-0.39, 0.29) is 18.4 Å². The van der Waals surface area contributed by atoms with Crippen molar-refractivity contribution in [3.63, 3.8) is 0 Å². The molecule has 1 fully saturated rings. The normalized spacial score (nSPS) is 26.2. The number of nitrogens with two attached hydrogens (primary N) is 1. The third-order valence-corrected chi connectivity index (χ3v) is 2.69. The molecule has 0 aromatic carbocycles. The molecule has 0 spiro atoms. The molecule has 0 aliphatic carbocycles. The van der Waals surface area contributed by atoms with Crippen molar-refractivity contribution in [3.8, 4) is 0 Å². The summed E-state index contributed by atoms with van der Waals surface area (Å²) in [5.74, 6) is 0.823. The summed E-state index contributed by atoms with van der Waals surface area (Å²) in [5.41, 5.74) is 5.39. The monoisotopic (exact) mass is 185 g/mol. The lowest BCUT2D eigenvalue weighted by Gasteiger charge is -2.19. The van der Waals surface area contributed by atoms with Gasteiger partial charge in [-0.2, -0.15) is 0 Å². The summed E-state index contributed by atoms with van der Waals surface area (Å²) >= 11 is 0. The number of amidine groups is 1. The SMILES string of the molecule is CC(CN1CCC(CO)C1)C(=N)N. The number of hydrogen-bond acceptors (Lipinski definition) is 3. The summed E-state index contributed by atoms with van der Waals surface area (Å²) in [6.45, 7) is 5.09. The van der Waals surface area contributed by atoms with E-state index in [9.17, 15) is 0 Å². The lowest BCUT2D eigenvalue weighted by atomic mass is 10.1. The number of aliphatic hydroxyl groups is 1. The fourth-order valence-electron chi connectivity index (χ4n) is 1.71. The van der Waals surface area contributed by atoms with Crippen molar-refractivity contribution in [2.24, 2.45) is 17.6 Å². The van der Waals surface area contributed by atoms with Crippen LogP contribution in [0.5, 0.6) is 0 Å². The number of hydrogen-bond donors (Lipinski definition) is 3. The van der Waals surface area contributed by atoms with Crippen molar-refractivity contribution in [1.82, 2.24) is 4.90 Å². The lowest BCUT2D eigenvalue weighted by molar-refractivity contribution is 0.219. The Hall–Kier alpha value is -0.610. The topological polar surface area (TPSA) is 73.3 Å². The molecule has 4 heteroatoms. The van der Waals surface area contributed by atoms with Crippen LogP contribution in [0.2, 0.25) is 0 Å². The van der Waals surface area contributed by atoms with Crippen LogP contribution in [0.3, 0.4) is 0 Å². The quantitative estimate of drug-likeness (QED) is 0.422.